The van der Waals surface area contributed by atoms with E-state index in [1.807, 2.05) is 11.3 Å². The van der Waals surface area contributed by atoms with Crippen molar-refractivity contribution < 1.29 is 0 Å². The number of aryl methyl sites for hydroxylation is 4. The predicted octanol–water partition coefficient (Wildman–Crippen LogP) is 4.54. The second-order valence-corrected chi connectivity index (χ2v) is 6.39. The molecule has 0 spiro atoms. The Morgan fingerprint density at radius 2 is 1.84 bits per heavy atom. The molecule has 1 nitrogen and oxygen atoms in total. The minimum absolute atomic E-state index is 0.0128. The molecule has 1 heterocycles. The lowest BCUT2D eigenvalue weighted by atomic mass is 9.95. The largest absolute Gasteiger partial charge is 0.320 e. The van der Waals surface area contributed by atoms with E-state index in [1.54, 1.807) is 0 Å². The Hall–Kier alpha value is -1.12. The molecule has 0 fully saturated rings. The second-order valence-electron chi connectivity index (χ2n) is 5.11. The van der Waals surface area contributed by atoms with Crippen LogP contribution in [0.3, 0.4) is 0 Å². The smallest absolute Gasteiger partial charge is 0.0648 e. The quantitative estimate of drug-likeness (QED) is 0.869. The molecular formula is C17H23NS. The van der Waals surface area contributed by atoms with Gasteiger partial charge < -0.3 is 5.73 Å². The van der Waals surface area contributed by atoms with Crippen LogP contribution in [0.5, 0.6) is 0 Å². The minimum Gasteiger partial charge on any atom is -0.320 e. The molecule has 1 aromatic heterocycles. The Labute approximate surface area is 120 Å². The Balaban J connectivity index is 2.44. The highest BCUT2D eigenvalue weighted by atomic mass is 32.1. The van der Waals surface area contributed by atoms with Crippen LogP contribution in [0.2, 0.25) is 0 Å². The first kappa shape index (κ1) is 14.3. The van der Waals surface area contributed by atoms with Crippen LogP contribution in [0.1, 0.15) is 51.9 Å². The molecule has 2 rings (SSSR count). The normalized spacial score (nSPS) is 12.7. The van der Waals surface area contributed by atoms with Gasteiger partial charge in [-0.3, -0.25) is 0 Å². The van der Waals surface area contributed by atoms with Gasteiger partial charge in [-0.05, 0) is 55.0 Å². The van der Waals surface area contributed by atoms with E-state index < -0.39 is 0 Å². The van der Waals surface area contributed by atoms with Gasteiger partial charge in [-0.2, -0.15) is 0 Å². The molecule has 0 saturated carbocycles. The Morgan fingerprint density at radius 3 is 2.37 bits per heavy atom. The summed E-state index contributed by atoms with van der Waals surface area (Å²) < 4.78 is 0. The van der Waals surface area contributed by atoms with Crippen molar-refractivity contribution in [1.82, 2.24) is 0 Å². The highest BCUT2D eigenvalue weighted by Gasteiger charge is 2.16. The molecule has 102 valence electrons. The van der Waals surface area contributed by atoms with Gasteiger partial charge in [-0.15, -0.1) is 11.3 Å². The van der Waals surface area contributed by atoms with Gasteiger partial charge in [-0.25, -0.2) is 0 Å². The first-order valence-electron chi connectivity index (χ1n) is 7.01. The van der Waals surface area contributed by atoms with Gasteiger partial charge >= 0.3 is 0 Å². The van der Waals surface area contributed by atoms with Gasteiger partial charge in [0.15, 0.2) is 0 Å². The van der Waals surface area contributed by atoms with E-state index in [9.17, 15) is 0 Å². The van der Waals surface area contributed by atoms with Crippen molar-refractivity contribution in [1.29, 1.82) is 0 Å². The fourth-order valence-corrected chi connectivity index (χ4v) is 3.45. The van der Waals surface area contributed by atoms with E-state index >= 15 is 0 Å². The van der Waals surface area contributed by atoms with E-state index in [2.05, 4.69) is 52.0 Å². The topological polar surface area (TPSA) is 26.0 Å². The van der Waals surface area contributed by atoms with E-state index in [1.165, 1.54) is 32.0 Å². The summed E-state index contributed by atoms with van der Waals surface area (Å²) in [7, 11) is 0. The van der Waals surface area contributed by atoms with Crippen LogP contribution in [0.4, 0.5) is 0 Å². The average molecular weight is 273 g/mol. The third-order valence-electron chi connectivity index (χ3n) is 3.83. The maximum atomic E-state index is 6.51. The second kappa shape index (κ2) is 5.89. The average Bonchev–Trinajstić information content (AvgIpc) is 2.77. The van der Waals surface area contributed by atoms with Gasteiger partial charge in [0.1, 0.15) is 0 Å². The third-order valence-corrected chi connectivity index (χ3v) is 5.06. The lowest BCUT2D eigenvalue weighted by Gasteiger charge is -2.16. The zero-order chi connectivity index (χ0) is 14.0. The van der Waals surface area contributed by atoms with Crippen molar-refractivity contribution in [3.05, 3.63) is 56.3 Å². The number of thiophene rings is 1. The molecule has 0 radical (unpaired) electrons. The number of hydrogen-bond donors (Lipinski definition) is 1. The van der Waals surface area contributed by atoms with Gasteiger partial charge in [0.05, 0.1) is 6.04 Å². The number of hydrogen-bond acceptors (Lipinski definition) is 2. The lowest BCUT2D eigenvalue weighted by Crippen LogP contribution is -2.13. The fourth-order valence-electron chi connectivity index (χ4n) is 2.38. The SMILES string of the molecule is CCc1ccc(CC)c(C(N)c2cc(C)c(C)s2)c1. The lowest BCUT2D eigenvalue weighted by molar-refractivity contribution is 0.862. The molecule has 0 bridgehead atoms. The fraction of sp³-hybridized carbons (Fsp3) is 0.412. The van der Waals surface area contributed by atoms with Crippen LogP contribution < -0.4 is 5.73 Å². The molecule has 0 saturated heterocycles. The summed E-state index contributed by atoms with van der Waals surface area (Å²) in [6.45, 7) is 8.71. The molecule has 0 aliphatic carbocycles. The minimum atomic E-state index is 0.0128. The summed E-state index contributed by atoms with van der Waals surface area (Å²) >= 11 is 1.82. The molecule has 0 amide bonds. The summed E-state index contributed by atoms with van der Waals surface area (Å²) in [5.74, 6) is 0. The van der Waals surface area contributed by atoms with Gasteiger partial charge in [0.2, 0.25) is 0 Å². The monoisotopic (exact) mass is 273 g/mol. The summed E-state index contributed by atoms with van der Waals surface area (Å²) in [4.78, 5) is 2.65. The van der Waals surface area contributed by atoms with Crippen molar-refractivity contribution in [3.63, 3.8) is 0 Å². The molecular weight excluding hydrogens is 250 g/mol. The Morgan fingerprint density at radius 1 is 1.11 bits per heavy atom. The van der Waals surface area contributed by atoms with Crippen LogP contribution >= 0.6 is 11.3 Å². The molecule has 2 aromatic rings. The third kappa shape index (κ3) is 2.90. The number of rotatable bonds is 4. The highest BCUT2D eigenvalue weighted by molar-refractivity contribution is 7.12. The Kier molecular flexibility index (Phi) is 4.43. The summed E-state index contributed by atoms with van der Waals surface area (Å²) in [5, 5.41) is 0. The number of nitrogens with two attached hydrogens (primary N) is 1. The van der Waals surface area contributed by atoms with Crippen LogP contribution in [-0.2, 0) is 12.8 Å². The van der Waals surface area contributed by atoms with Crippen LogP contribution in [0.25, 0.3) is 0 Å². The molecule has 2 heteroatoms. The summed E-state index contributed by atoms with van der Waals surface area (Å²) in [6, 6.07) is 9.00. The molecule has 1 unspecified atom stereocenters. The van der Waals surface area contributed by atoms with Gasteiger partial charge in [0.25, 0.3) is 0 Å². The zero-order valence-electron chi connectivity index (χ0n) is 12.3. The first-order chi connectivity index (χ1) is 9.06. The van der Waals surface area contributed by atoms with Gasteiger partial charge in [-0.1, -0.05) is 32.0 Å². The summed E-state index contributed by atoms with van der Waals surface area (Å²) in [6.07, 6.45) is 2.10. The van der Waals surface area contributed by atoms with Crippen LogP contribution in [-0.4, -0.2) is 0 Å². The molecule has 0 aliphatic rings. The van der Waals surface area contributed by atoms with E-state index in [-0.39, 0.29) is 6.04 Å². The van der Waals surface area contributed by atoms with Crippen LogP contribution in [0, 0.1) is 13.8 Å². The summed E-state index contributed by atoms with van der Waals surface area (Å²) in [5.41, 5.74) is 11.9. The maximum absolute atomic E-state index is 6.51. The molecule has 1 atom stereocenters. The highest BCUT2D eigenvalue weighted by Crippen LogP contribution is 2.31. The molecule has 1 aromatic carbocycles. The van der Waals surface area contributed by atoms with Crippen molar-refractivity contribution in [2.24, 2.45) is 5.73 Å². The van der Waals surface area contributed by atoms with E-state index in [4.69, 9.17) is 5.73 Å². The predicted molar refractivity (Wildman–Crippen MR) is 85.0 cm³/mol. The maximum Gasteiger partial charge on any atom is 0.0648 e. The van der Waals surface area contributed by atoms with Crippen LogP contribution in [0.15, 0.2) is 24.3 Å². The van der Waals surface area contributed by atoms with Crippen molar-refractivity contribution >= 4 is 11.3 Å². The van der Waals surface area contributed by atoms with Crippen molar-refractivity contribution in [2.45, 2.75) is 46.6 Å². The van der Waals surface area contributed by atoms with E-state index in [0.717, 1.165) is 12.8 Å². The van der Waals surface area contributed by atoms with Crippen molar-refractivity contribution in [3.8, 4) is 0 Å². The molecule has 2 N–H and O–H groups in total. The number of benzene rings is 1. The Bertz CT molecular complexity index is 549. The van der Waals surface area contributed by atoms with E-state index in [0.29, 0.717) is 0 Å². The molecule has 0 aliphatic heterocycles. The standard InChI is InChI=1S/C17H23NS/c1-5-13-7-8-14(6-2)15(10-13)17(18)16-9-11(3)12(4)19-16/h7-10,17H,5-6,18H2,1-4H3. The van der Waals surface area contributed by atoms with Gasteiger partial charge in [0, 0.05) is 9.75 Å². The molecule has 19 heavy (non-hydrogen) atoms. The zero-order valence-corrected chi connectivity index (χ0v) is 13.1. The first-order valence-corrected chi connectivity index (χ1v) is 7.82. The van der Waals surface area contributed by atoms with Crippen molar-refractivity contribution in [2.75, 3.05) is 0 Å².